The monoisotopic (exact) mass is 349 g/mol. The van der Waals surface area contributed by atoms with Gasteiger partial charge in [0.1, 0.15) is 5.82 Å². The van der Waals surface area contributed by atoms with Gasteiger partial charge in [0, 0.05) is 11.8 Å². The Balaban J connectivity index is 2.08. The summed E-state index contributed by atoms with van der Waals surface area (Å²) in [5.41, 5.74) is 1.07. The molecule has 0 atom stereocenters. The van der Waals surface area contributed by atoms with Gasteiger partial charge in [-0.3, -0.25) is 4.72 Å². The predicted molar refractivity (Wildman–Crippen MR) is 89.3 cm³/mol. The van der Waals surface area contributed by atoms with Crippen molar-refractivity contribution in [2.24, 2.45) is 0 Å². The Kier molecular flexibility index (Phi) is 5.70. The lowest BCUT2D eigenvalue weighted by molar-refractivity contribution is -0.137. The van der Waals surface area contributed by atoms with Crippen molar-refractivity contribution in [3.8, 4) is 0 Å². The molecule has 0 unspecified atom stereocenters. The fourth-order valence-electron chi connectivity index (χ4n) is 1.84. The quantitative estimate of drug-likeness (QED) is 0.642. The van der Waals surface area contributed by atoms with Gasteiger partial charge in [-0.05, 0) is 55.0 Å². The van der Waals surface area contributed by atoms with E-state index < -0.39 is 21.8 Å². The van der Waals surface area contributed by atoms with E-state index in [0.717, 1.165) is 12.1 Å². The number of anilines is 1. The van der Waals surface area contributed by atoms with Crippen molar-refractivity contribution < 1.29 is 22.3 Å². The maximum atomic E-state index is 12.9. The van der Waals surface area contributed by atoms with Gasteiger partial charge in [0.05, 0.1) is 11.5 Å². The zero-order valence-electron chi connectivity index (χ0n) is 12.9. The van der Waals surface area contributed by atoms with Gasteiger partial charge in [0.15, 0.2) is 0 Å². The molecule has 0 amide bonds. The molecule has 126 valence electrons. The van der Waals surface area contributed by atoms with Gasteiger partial charge in [-0.15, -0.1) is 0 Å². The molecule has 0 bridgehead atoms. The highest BCUT2D eigenvalue weighted by molar-refractivity contribution is 7.92. The smallest absolute Gasteiger partial charge is 0.330 e. The number of carbonyl (C=O) groups excluding carboxylic acids is 1. The lowest BCUT2D eigenvalue weighted by Gasteiger charge is -2.08. The number of nitrogens with one attached hydrogen (secondary N) is 1. The minimum Gasteiger partial charge on any atom is -0.463 e. The summed E-state index contributed by atoms with van der Waals surface area (Å²) in [7, 11) is -3.78. The van der Waals surface area contributed by atoms with Crippen LogP contribution in [0.3, 0.4) is 0 Å². The first-order valence-electron chi connectivity index (χ1n) is 7.14. The fourth-order valence-corrected chi connectivity index (χ4v) is 2.90. The van der Waals surface area contributed by atoms with E-state index in [4.69, 9.17) is 4.74 Å². The van der Waals surface area contributed by atoms with Crippen LogP contribution in [0.5, 0.6) is 0 Å². The molecule has 0 radical (unpaired) electrons. The minimum atomic E-state index is -3.78. The van der Waals surface area contributed by atoms with E-state index in [2.05, 4.69) is 4.72 Å². The lowest BCUT2D eigenvalue weighted by atomic mass is 10.2. The Morgan fingerprint density at radius 3 is 2.33 bits per heavy atom. The number of halogens is 1. The highest BCUT2D eigenvalue weighted by Gasteiger charge is 2.13. The zero-order valence-corrected chi connectivity index (χ0v) is 13.7. The van der Waals surface area contributed by atoms with Gasteiger partial charge >= 0.3 is 5.97 Å². The summed E-state index contributed by atoms with van der Waals surface area (Å²) in [6, 6.07) is 11.0. The van der Waals surface area contributed by atoms with Crippen LogP contribution in [0.4, 0.5) is 10.1 Å². The maximum absolute atomic E-state index is 12.9. The van der Waals surface area contributed by atoms with Gasteiger partial charge in [0.25, 0.3) is 10.0 Å². The molecule has 7 heteroatoms. The molecule has 0 aromatic heterocycles. The molecular formula is C17H16FNO4S. The summed E-state index contributed by atoms with van der Waals surface area (Å²) in [6.45, 7) is 2.01. The largest absolute Gasteiger partial charge is 0.463 e. The first-order chi connectivity index (χ1) is 11.4. The summed E-state index contributed by atoms with van der Waals surface area (Å²) in [5.74, 6) is -0.953. The molecule has 0 spiro atoms. The van der Waals surface area contributed by atoms with Crippen molar-refractivity contribution in [2.45, 2.75) is 11.8 Å². The van der Waals surface area contributed by atoms with Crippen LogP contribution < -0.4 is 4.72 Å². The van der Waals surface area contributed by atoms with E-state index in [1.807, 2.05) is 0 Å². The predicted octanol–water partition coefficient (Wildman–Crippen LogP) is 3.20. The van der Waals surface area contributed by atoms with Gasteiger partial charge in [-0.25, -0.2) is 17.6 Å². The van der Waals surface area contributed by atoms with Gasteiger partial charge in [-0.1, -0.05) is 12.1 Å². The van der Waals surface area contributed by atoms with Crippen LogP contribution in [0, 0.1) is 5.82 Å². The molecule has 1 N–H and O–H groups in total. The van der Waals surface area contributed by atoms with Crippen LogP contribution >= 0.6 is 0 Å². The Bertz CT molecular complexity index is 828. The average Bonchev–Trinajstić information content (AvgIpc) is 2.54. The molecule has 5 nitrogen and oxygen atoms in total. The normalized spacial score (nSPS) is 11.4. The third-order valence-corrected chi connectivity index (χ3v) is 4.38. The highest BCUT2D eigenvalue weighted by Crippen LogP contribution is 2.17. The van der Waals surface area contributed by atoms with E-state index in [1.54, 1.807) is 37.3 Å². The number of carbonyl (C=O) groups is 1. The Morgan fingerprint density at radius 1 is 1.12 bits per heavy atom. The Morgan fingerprint density at radius 2 is 1.75 bits per heavy atom. The molecular weight excluding hydrogens is 333 g/mol. The third-order valence-electron chi connectivity index (χ3n) is 2.99. The van der Waals surface area contributed by atoms with Crippen molar-refractivity contribution in [1.82, 2.24) is 0 Å². The van der Waals surface area contributed by atoms with Crippen LogP contribution in [-0.4, -0.2) is 21.0 Å². The molecule has 2 aromatic rings. The van der Waals surface area contributed by atoms with Crippen LogP contribution in [-0.2, 0) is 19.6 Å². The fraction of sp³-hybridized carbons (Fsp3) is 0.118. The minimum absolute atomic E-state index is 0.0322. The molecule has 0 saturated heterocycles. The van der Waals surface area contributed by atoms with Crippen molar-refractivity contribution in [2.75, 3.05) is 11.3 Å². The Labute approximate surface area is 139 Å². The Hall–Kier alpha value is -2.67. The van der Waals surface area contributed by atoms with Crippen molar-refractivity contribution in [3.63, 3.8) is 0 Å². The average molecular weight is 349 g/mol. The van der Waals surface area contributed by atoms with Gasteiger partial charge < -0.3 is 4.74 Å². The molecule has 2 aromatic carbocycles. The second kappa shape index (κ2) is 7.74. The van der Waals surface area contributed by atoms with E-state index in [1.165, 1.54) is 18.2 Å². The molecule has 0 fully saturated rings. The molecule has 24 heavy (non-hydrogen) atoms. The second-order valence-corrected chi connectivity index (χ2v) is 6.45. The van der Waals surface area contributed by atoms with Crippen molar-refractivity contribution in [1.29, 1.82) is 0 Å². The van der Waals surface area contributed by atoms with Crippen LogP contribution in [0.25, 0.3) is 6.08 Å². The van der Waals surface area contributed by atoms with E-state index in [-0.39, 0.29) is 4.90 Å². The molecule has 0 heterocycles. The first kappa shape index (κ1) is 17.7. The van der Waals surface area contributed by atoms with Crippen molar-refractivity contribution in [3.05, 3.63) is 66.0 Å². The standard InChI is InChI=1S/C17H16FNO4S/c1-2-23-17(20)12-5-13-3-8-15(9-4-13)19-24(21,22)16-10-6-14(18)7-11-16/h3-12,19H,2H2,1H3/b12-5+. The second-order valence-electron chi connectivity index (χ2n) is 4.77. The number of sulfonamides is 1. The summed E-state index contributed by atoms with van der Waals surface area (Å²) < 4.78 is 44.4. The van der Waals surface area contributed by atoms with E-state index in [0.29, 0.717) is 17.9 Å². The topological polar surface area (TPSA) is 72.5 Å². The van der Waals surface area contributed by atoms with E-state index in [9.17, 15) is 17.6 Å². The number of hydrogen-bond acceptors (Lipinski definition) is 4. The van der Waals surface area contributed by atoms with Crippen LogP contribution in [0.15, 0.2) is 59.5 Å². The van der Waals surface area contributed by atoms with Crippen LogP contribution in [0.2, 0.25) is 0 Å². The number of esters is 1. The summed E-state index contributed by atoms with van der Waals surface area (Å²) in [5, 5.41) is 0. The maximum Gasteiger partial charge on any atom is 0.330 e. The molecule has 0 aliphatic carbocycles. The summed E-state index contributed by atoms with van der Waals surface area (Å²) >= 11 is 0. The molecule has 0 saturated carbocycles. The zero-order chi connectivity index (χ0) is 17.6. The van der Waals surface area contributed by atoms with Crippen LogP contribution in [0.1, 0.15) is 12.5 Å². The van der Waals surface area contributed by atoms with Crippen molar-refractivity contribution >= 4 is 27.8 Å². The summed E-state index contributed by atoms with van der Waals surface area (Å²) in [4.78, 5) is 11.2. The number of rotatable bonds is 6. The van der Waals surface area contributed by atoms with Gasteiger partial charge in [0.2, 0.25) is 0 Å². The molecule has 2 rings (SSSR count). The van der Waals surface area contributed by atoms with E-state index >= 15 is 0 Å². The lowest BCUT2D eigenvalue weighted by Crippen LogP contribution is -2.12. The molecule has 0 aliphatic rings. The summed E-state index contributed by atoms with van der Waals surface area (Å²) in [6.07, 6.45) is 2.86. The molecule has 0 aliphatic heterocycles. The third kappa shape index (κ3) is 4.92. The number of hydrogen-bond donors (Lipinski definition) is 1. The van der Waals surface area contributed by atoms with Gasteiger partial charge in [-0.2, -0.15) is 0 Å². The number of ether oxygens (including phenoxy) is 1. The first-order valence-corrected chi connectivity index (χ1v) is 8.62. The number of benzene rings is 2. The highest BCUT2D eigenvalue weighted by atomic mass is 32.2. The SMILES string of the molecule is CCOC(=O)/C=C/c1ccc(NS(=O)(=O)c2ccc(F)cc2)cc1.